The highest BCUT2D eigenvalue weighted by Gasteiger charge is 2.22. The Balaban J connectivity index is 4.30. The molecule has 14 heavy (non-hydrogen) atoms. The molecule has 0 rings (SSSR count). The molecule has 0 aliphatic rings. The zero-order valence-corrected chi connectivity index (χ0v) is 9.58. The van der Waals surface area contributed by atoms with Gasteiger partial charge in [-0.3, -0.25) is 4.79 Å². The van der Waals surface area contributed by atoms with Crippen LogP contribution in [0.2, 0.25) is 0 Å². The van der Waals surface area contributed by atoms with E-state index in [-0.39, 0.29) is 18.6 Å². The second kappa shape index (κ2) is 5.32. The molecule has 0 aliphatic carbocycles. The van der Waals surface area contributed by atoms with E-state index in [2.05, 4.69) is 0 Å². The summed E-state index contributed by atoms with van der Waals surface area (Å²) >= 11 is 0. The average molecular weight is 202 g/mol. The number of carbonyl (C=O) groups is 1. The van der Waals surface area contributed by atoms with Crippen molar-refractivity contribution in [3.63, 3.8) is 0 Å². The summed E-state index contributed by atoms with van der Waals surface area (Å²) in [7, 11) is 0. The van der Waals surface area contributed by atoms with Crippen molar-refractivity contribution >= 4 is 5.91 Å². The summed E-state index contributed by atoms with van der Waals surface area (Å²) in [5.74, 6) is 0.00144. The summed E-state index contributed by atoms with van der Waals surface area (Å²) in [6, 6.07) is 0.108. The summed E-state index contributed by atoms with van der Waals surface area (Å²) in [5.41, 5.74) is 5.27. The summed E-state index contributed by atoms with van der Waals surface area (Å²) in [4.78, 5) is 13.4. The molecule has 0 bridgehead atoms. The molecule has 0 spiro atoms. The van der Waals surface area contributed by atoms with E-state index in [1.807, 2.05) is 27.7 Å². The van der Waals surface area contributed by atoms with Gasteiger partial charge in [-0.2, -0.15) is 0 Å². The molecule has 0 aromatic rings. The highest BCUT2D eigenvalue weighted by atomic mass is 16.3. The first-order chi connectivity index (χ1) is 6.28. The van der Waals surface area contributed by atoms with Gasteiger partial charge >= 0.3 is 0 Å². The lowest BCUT2D eigenvalue weighted by Crippen LogP contribution is -2.44. The van der Waals surface area contributed by atoms with Crippen molar-refractivity contribution in [3.05, 3.63) is 0 Å². The number of nitrogens with zero attached hydrogens (tertiary/aromatic N) is 1. The SMILES string of the molecule is CC(C)N(CCO)C(=O)CC(C)(C)N. The van der Waals surface area contributed by atoms with Crippen molar-refractivity contribution in [2.45, 2.75) is 45.7 Å². The number of hydrogen-bond donors (Lipinski definition) is 2. The van der Waals surface area contributed by atoms with E-state index in [1.54, 1.807) is 4.90 Å². The first-order valence-corrected chi connectivity index (χ1v) is 4.97. The van der Waals surface area contributed by atoms with Crippen LogP contribution >= 0.6 is 0 Å². The zero-order valence-electron chi connectivity index (χ0n) is 9.58. The summed E-state index contributed by atoms with van der Waals surface area (Å²) in [6.07, 6.45) is 0.311. The van der Waals surface area contributed by atoms with Gasteiger partial charge in [0, 0.05) is 24.5 Å². The molecule has 0 fully saturated rings. The molecule has 0 radical (unpaired) electrons. The minimum absolute atomic E-state index is 0.00144. The van der Waals surface area contributed by atoms with Gasteiger partial charge in [0.1, 0.15) is 0 Å². The van der Waals surface area contributed by atoms with Crippen molar-refractivity contribution < 1.29 is 9.90 Å². The molecule has 0 saturated carbocycles. The number of aliphatic hydroxyl groups excluding tert-OH is 1. The van der Waals surface area contributed by atoms with E-state index in [0.717, 1.165) is 0 Å². The first kappa shape index (κ1) is 13.4. The Morgan fingerprint density at radius 2 is 2.00 bits per heavy atom. The van der Waals surface area contributed by atoms with E-state index in [9.17, 15) is 4.79 Å². The molecular weight excluding hydrogens is 180 g/mol. The Hall–Kier alpha value is -0.610. The summed E-state index contributed by atoms with van der Waals surface area (Å²) in [6.45, 7) is 7.88. The van der Waals surface area contributed by atoms with Crippen LogP contribution in [0, 0.1) is 0 Å². The van der Waals surface area contributed by atoms with Crippen LogP contribution in [0.4, 0.5) is 0 Å². The van der Waals surface area contributed by atoms with Crippen LogP contribution in [0.25, 0.3) is 0 Å². The van der Waals surface area contributed by atoms with Crippen molar-refractivity contribution in [3.8, 4) is 0 Å². The van der Waals surface area contributed by atoms with Crippen LogP contribution in [-0.4, -0.2) is 40.6 Å². The van der Waals surface area contributed by atoms with Crippen LogP contribution in [0.5, 0.6) is 0 Å². The van der Waals surface area contributed by atoms with Gasteiger partial charge < -0.3 is 15.7 Å². The molecule has 1 amide bonds. The minimum atomic E-state index is -0.486. The quantitative estimate of drug-likeness (QED) is 0.675. The summed E-state index contributed by atoms with van der Waals surface area (Å²) < 4.78 is 0. The monoisotopic (exact) mass is 202 g/mol. The van der Waals surface area contributed by atoms with Gasteiger partial charge in [-0.15, -0.1) is 0 Å². The third kappa shape index (κ3) is 5.19. The molecule has 4 heteroatoms. The van der Waals surface area contributed by atoms with E-state index in [4.69, 9.17) is 10.8 Å². The van der Waals surface area contributed by atoms with Gasteiger partial charge in [-0.1, -0.05) is 0 Å². The molecule has 0 saturated heterocycles. The maximum atomic E-state index is 11.7. The van der Waals surface area contributed by atoms with Crippen LogP contribution in [0.1, 0.15) is 34.1 Å². The molecular formula is C10H22N2O2. The van der Waals surface area contributed by atoms with Crippen LogP contribution in [0.15, 0.2) is 0 Å². The molecule has 0 aromatic carbocycles. The Morgan fingerprint density at radius 3 is 2.29 bits per heavy atom. The molecule has 0 aromatic heterocycles. The van der Waals surface area contributed by atoms with Crippen molar-refractivity contribution in [1.82, 2.24) is 4.90 Å². The molecule has 0 atom stereocenters. The Bertz CT molecular complexity index is 185. The predicted molar refractivity (Wildman–Crippen MR) is 56.8 cm³/mol. The molecule has 4 nitrogen and oxygen atoms in total. The smallest absolute Gasteiger partial charge is 0.224 e. The second-order valence-electron chi connectivity index (χ2n) is 4.57. The van der Waals surface area contributed by atoms with E-state index in [0.29, 0.717) is 13.0 Å². The number of amides is 1. The van der Waals surface area contributed by atoms with E-state index < -0.39 is 5.54 Å². The highest BCUT2D eigenvalue weighted by molar-refractivity contribution is 5.77. The van der Waals surface area contributed by atoms with E-state index in [1.165, 1.54) is 0 Å². The highest BCUT2D eigenvalue weighted by Crippen LogP contribution is 2.09. The lowest BCUT2D eigenvalue weighted by molar-refractivity contribution is -0.134. The van der Waals surface area contributed by atoms with Crippen LogP contribution < -0.4 is 5.73 Å². The maximum absolute atomic E-state index is 11.7. The topological polar surface area (TPSA) is 66.6 Å². The fraction of sp³-hybridized carbons (Fsp3) is 0.900. The third-order valence-corrected chi connectivity index (χ3v) is 1.89. The second-order valence-corrected chi connectivity index (χ2v) is 4.57. The molecule has 3 N–H and O–H groups in total. The largest absolute Gasteiger partial charge is 0.395 e. The van der Waals surface area contributed by atoms with E-state index >= 15 is 0 Å². The first-order valence-electron chi connectivity index (χ1n) is 4.97. The zero-order chi connectivity index (χ0) is 11.4. The fourth-order valence-corrected chi connectivity index (χ4v) is 1.27. The summed E-state index contributed by atoms with van der Waals surface area (Å²) in [5, 5.41) is 8.81. The van der Waals surface area contributed by atoms with Gasteiger partial charge in [-0.05, 0) is 27.7 Å². The Labute approximate surface area is 86.1 Å². The third-order valence-electron chi connectivity index (χ3n) is 1.89. The number of nitrogens with two attached hydrogens (primary N) is 1. The molecule has 84 valence electrons. The van der Waals surface area contributed by atoms with Crippen LogP contribution in [-0.2, 0) is 4.79 Å². The predicted octanol–water partition coefficient (Wildman–Crippen LogP) is 0.343. The normalized spacial score (nSPS) is 11.9. The maximum Gasteiger partial charge on any atom is 0.224 e. The molecule has 0 unspecified atom stereocenters. The Kier molecular flexibility index (Phi) is 5.08. The van der Waals surface area contributed by atoms with Gasteiger partial charge in [0.05, 0.1) is 6.61 Å². The average Bonchev–Trinajstić information content (AvgIpc) is 1.95. The lowest BCUT2D eigenvalue weighted by Gasteiger charge is -2.29. The number of carbonyl (C=O) groups excluding carboxylic acids is 1. The minimum Gasteiger partial charge on any atom is -0.395 e. The molecule has 0 aliphatic heterocycles. The van der Waals surface area contributed by atoms with Crippen molar-refractivity contribution in [1.29, 1.82) is 0 Å². The lowest BCUT2D eigenvalue weighted by atomic mass is 10.0. The standard InChI is InChI=1S/C10H22N2O2/c1-8(2)12(5-6-13)9(14)7-10(3,4)11/h8,13H,5-7,11H2,1-4H3. The number of aliphatic hydroxyl groups is 1. The van der Waals surface area contributed by atoms with Crippen molar-refractivity contribution in [2.24, 2.45) is 5.73 Å². The molecule has 0 heterocycles. The fourth-order valence-electron chi connectivity index (χ4n) is 1.27. The van der Waals surface area contributed by atoms with Crippen molar-refractivity contribution in [2.75, 3.05) is 13.2 Å². The van der Waals surface area contributed by atoms with Gasteiger partial charge in [0.25, 0.3) is 0 Å². The van der Waals surface area contributed by atoms with Gasteiger partial charge in [0.2, 0.25) is 5.91 Å². The number of hydrogen-bond acceptors (Lipinski definition) is 3. The number of rotatable bonds is 5. The van der Waals surface area contributed by atoms with Gasteiger partial charge in [0.15, 0.2) is 0 Å². The van der Waals surface area contributed by atoms with Crippen LogP contribution in [0.3, 0.4) is 0 Å². The van der Waals surface area contributed by atoms with Gasteiger partial charge in [-0.25, -0.2) is 0 Å². The Morgan fingerprint density at radius 1 is 1.50 bits per heavy atom.